The van der Waals surface area contributed by atoms with Crippen molar-refractivity contribution in [2.45, 2.75) is 0 Å². The van der Waals surface area contributed by atoms with Gasteiger partial charge in [-0.25, -0.2) is 0 Å². The van der Waals surface area contributed by atoms with Gasteiger partial charge in [-0.05, 0) is 23.2 Å². The van der Waals surface area contributed by atoms with Gasteiger partial charge in [-0.15, -0.1) is 0 Å². The second kappa shape index (κ2) is 5.88. The predicted octanol–water partition coefficient (Wildman–Crippen LogP) is 2.57. The first kappa shape index (κ1) is 11.3. The van der Waals surface area contributed by atoms with Crippen LogP contribution in [0.5, 0.6) is 0 Å². The van der Waals surface area contributed by atoms with Crippen molar-refractivity contribution in [1.29, 1.82) is 0 Å². The van der Waals surface area contributed by atoms with E-state index in [2.05, 4.69) is 16.6 Å². The highest BCUT2D eigenvalue weighted by atomic mass is 35.5. The number of rotatable bonds is 4. The van der Waals surface area contributed by atoms with E-state index in [-0.39, 0.29) is 11.3 Å². The zero-order chi connectivity index (χ0) is 10.3. The summed E-state index contributed by atoms with van der Waals surface area (Å²) in [6, 6.07) is 0. The van der Waals surface area contributed by atoms with Crippen LogP contribution in [-0.2, 0) is 4.79 Å². The first-order valence-corrected chi connectivity index (χ1v) is 3.47. The summed E-state index contributed by atoms with van der Waals surface area (Å²) in [6.45, 7) is 3.32. The van der Waals surface area contributed by atoms with Gasteiger partial charge in [-0.2, -0.15) is 0 Å². The molecule has 0 aliphatic carbocycles. The lowest BCUT2D eigenvalue weighted by atomic mass is 10.2. The molecule has 0 aromatic carbocycles. The first-order valence-electron chi connectivity index (χ1n) is 3.09. The highest BCUT2D eigenvalue weighted by Gasteiger charge is 2.06. The summed E-state index contributed by atoms with van der Waals surface area (Å²) in [5.41, 5.74) is 7.95. The second-order valence-corrected chi connectivity index (χ2v) is 2.13. The van der Waals surface area contributed by atoms with E-state index in [4.69, 9.17) is 22.2 Å². The Morgan fingerprint density at radius 3 is 2.62 bits per heavy atom. The van der Waals surface area contributed by atoms with E-state index in [0.29, 0.717) is 6.26 Å². The summed E-state index contributed by atoms with van der Waals surface area (Å²) >= 11 is 5.14. The summed E-state index contributed by atoms with van der Waals surface area (Å²) in [6.07, 6.45) is 2.79. The molecule has 1 N–H and O–H groups in total. The quantitative estimate of drug-likeness (QED) is 0.143. The van der Waals surface area contributed by atoms with E-state index in [9.17, 15) is 4.79 Å². The lowest BCUT2D eigenvalue weighted by Crippen LogP contribution is -1.93. The van der Waals surface area contributed by atoms with Crippen LogP contribution in [0, 0.1) is 0 Å². The van der Waals surface area contributed by atoms with Crippen LogP contribution in [0.4, 0.5) is 0 Å². The molecule has 0 rings (SSSR count). The molecule has 0 aliphatic rings. The van der Waals surface area contributed by atoms with Gasteiger partial charge in [0.15, 0.2) is 0 Å². The van der Waals surface area contributed by atoms with E-state index >= 15 is 0 Å². The van der Waals surface area contributed by atoms with Crippen molar-refractivity contribution in [2.75, 3.05) is 0 Å². The Balaban J connectivity index is 5.36. The molecule has 0 aromatic heterocycles. The van der Waals surface area contributed by atoms with Crippen LogP contribution < -0.4 is 0 Å². The maximum Gasteiger partial charge on any atom is 0.252 e. The maximum atomic E-state index is 10.7. The smallest absolute Gasteiger partial charge is 0.252 e. The van der Waals surface area contributed by atoms with Crippen molar-refractivity contribution in [3.8, 4) is 0 Å². The molecule has 0 amide bonds. The van der Waals surface area contributed by atoms with Gasteiger partial charge in [0.2, 0.25) is 0 Å². The van der Waals surface area contributed by atoms with Crippen LogP contribution in [0.25, 0.3) is 10.4 Å². The van der Waals surface area contributed by atoms with E-state index in [1.54, 1.807) is 0 Å². The summed E-state index contributed by atoms with van der Waals surface area (Å²) in [5.74, 6) is 0. The summed E-state index contributed by atoms with van der Waals surface area (Å²) in [4.78, 5) is 13.2. The molecular formula is C7H6ClN3O2. The van der Waals surface area contributed by atoms with Crippen LogP contribution in [0.3, 0.4) is 0 Å². The van der Waals surface area contributed by atoms with Crippen LogP contribution in [-0.4, -0.2) is 10.3 Å². The standard InChI is InChI=1S/C7H6ClN3O2/c1-2-6(10-11-9)5(3-4-12)7(8)13/h2-4,12H,1H2/b4-3-,6-5-. The third kappa shape index (κ3) is 3.46. The van der Waals surface area contributed by atoms with E-state index < -0.39 is 5.24 Å². The molecular weight excluding hydrogens is 194 g/mol. The average Bonchev–Trinajstić information content (AvgIpc) is 2.10. The first-order chi connectivity index (χ1) is 6.17. The molecule has 0 saturated heterocycles. The van der Waals surface area contributed by atoms with E-state index in [1.807, 2.05) is 0 Å². The number of allylic oxidation sites excluding steroid dienone is 3. The predicted molar refractivity (Wildman–Crippen MR) is 49.0 cm³/mol. The Bertz CT molecular complexity index is 327. The highest BCUT2D eigenvalue weighted by molar-refractivity contribution is 6.68. The molecule has 68 valence electrons. The molecule has 0 heterocycles. The summed E-state index contributed by atoms with van der Waals surface area (Å²) < 4.78 is 0. The van der Waals surface area contributed by atoms with Crippen LogP contribution in [0.15, 0.2) is 41.4 Å². The van der Waals surface area contributed by atoms with Gasteiger partial charge in [0, 0.05) is 16.2 Å². The Morgan fingerprint density at radius 2 is 2.31 bits per heavy atom. The van der Waals surface area contributed by atoms with Gasteiger partial charge in [0.25, 0.3) is 5.24 Å². The van der Waals surface area contributed by atoms with Gasteiger partial charge >= 0.3 is 0 Å². The Morgan fingerprint density at radius 1 is 1.69 bits per heavy atom. The van der Waals surface area contributed by atoms with Crippen molar-refractivity contribution in [3.05, 3.63) is 46.7 Å². The van der Waals surface area contributed by atoms with Gasteiger partial charge in [-0.3, -0.25) is 4.79 Å². The third-order valence-electron chi connectivity index (χ3n) is 1.07. The molecule has 0 bridgehead atoms. The van der Waals surface area contributed by atoms with Crippen LogP contribution in [0.1, 0.15) is 0 Å². The molecule has 6 heteroatoms. The molecule has 0 saturated carbocycles. The molecule has 13 heavy (non-hydrogen) atoms. The highest BCUT2D eigenvalue weighted by Crippen LogP contribution is 2.12. The molecule has 0 unspecified atom stereocenters. The van der Waals surface area contributed by atoms with Crippen LogP contribution >= 0.6 is 11.6 Å². The molecule has 0 fully saturated rings. The van der Waals surface area contributed by atoms with Crippen molar-refractivity contribution in [3.63, 3.8) is 0 Å². The fourth-order valence-electron chi connectivity index (χ4n) is 0.579. The molecule has 0 spiro atoms. The zero-order valence-corrected chi connectivity index (χ0v) is 7.27. The fourth-order valence-corrected chi connectivity index (χ4v) is 0.739. The van der Waals surface area contributed by atoms with Gasteiger partial charge in [0.1, 0.15) is 0 Å². The number of halogens is 1. The van der Waals surface area contributed by atoms with Crippen molar-refractivity contribution >= 4 is 16.8 Å². The Hall–Kier alpha value is -1.71. The average molecular weight is 200 g/mol. The monoisotopic (exact) mass is 199 g/mol. The number of carbonyl (C=O) groups is 1. The van der Waals surface area contributed by atoms with Crippen LogP contribution in [0.2, 0.25) is 0 Å². The molecule has 0 atom stereocenters. The number of aliphatic hydroxyl groups excluding tert-OH is 1. The number of aliphatic hydroxyl groups is 1. The maximum absolute atomic E-state index is 10.7. The minimum atomic E-state index is -0.840. The normalized spacial score (nSPS) is 11.8. The van der Waals surface area contributed by atoms with Crippen molar-refractivity contribution in [1.82, 2.24) is 0 Å². The Kier molecular flexibility index (Phi) is 5.11. The minimum absolute atomic E-state index is 0.0344. The number of hydrogen-bond donors (Lipinski definition) is 1. The lowest BCUT2D eigenvalue weighted by molar-refractivity contribution is -0.108. The minimum Gasteiger partial charge on any atom is -0.516 e. The molecule has 0 radical (unpaired) electrons. The lowest BCUT2D eigenvalue weighted by Gasteiger charge is -1.96. The van der Waals surface area contributed by atoms with Crippen molar-refractivity contribution in [2.24, 2.45) is 5.11 Å². The number of nitrogens with zero attached hydrogens (tertiary/aromatic N) is 3. The number of carbonyl (C=O) groups excluding carboxylic acids is 1. The third-order valence-corrected chi connectivity index (χ3v) is 1.28. The molecule has 5 nitrogen and oxygen atoms in total. The summed E-state index contributed by atoms with van der Waals surface area (Å²) in [7, 11) is 0. The molecule has 0 aliphatic heterocycles. The molecule has 0 aromatic rings. The topological polar surface area (TPSA) is 86.1 Å². The number of azide groups is 1. The van der Waals surface area contributed by atoms with Gasteiger partial charge in [-0.1, -0.05) is 17.8 Å². The van der Waals surface area contributed by atoms with Gasteiger partial charge < -0.3 is 5.11 Å². The SMILES string of the molecule is C=C/C(N=[N+]=[N-])=C(\C=C/O)C(=O)Cl. The summed E-state index contributed by atoms with van der Waals surface area (Å²) in [5, 5.41) is 10.7. The fraction of sp³-hybridized carbons (Fsp3) is 0. The second-order valence-electron chi connectivity index (χ2n) is 1.78. The largest absolute Gasteiger partial charge is 0.516 e. The van der Waals surface area contributed by atoms with Crippen molar-refractivity contribution < 1.29 is 9.90 Å². The number of hydrogen-bond acceptors (Lipinski definition) is 3. The van der Waals surface area contributed by atoms with E-state index in [0.717, 1.165) is 12.2 Å². The van der Waals surface area contributed by atoms with E-state index in [1.165, 1.54) is 0 Å². The van der Waals surface area contributed by atoms with Gasteiger partial charge in [0.05, 0.1) is 6.26 Å². The zero-order valence-electron chi connectivity index (χ0n) is 6.51. The Labute approximate surface area is 79.3 Å².